The summed E-state index contributed by atoms with van der Waals surface area (Å²) < 4.78 is 0. The van der Waals surface area contributed by atoms with E-state index in [0.29, 0.717) is 24.9 Å². The van der Waals surface area contributed by atoms with Crippen LogP contribution in [-0.4, -0.2) is 92.2 Å². The molecule has 0 unspecified atom stereocenters. The summed E-state index contributed by atoms with van der Waals surface area (Å²) in [6.45, 7) is 4.56. The van der Waals surface area contributed by atoms with Crippen LogP contribution in [0.4, 0.5) is 5.69 Å². The smallest absolute Gasteiger partial charge is 0.251 e. The summed E-state index contributed by atoms with van der Waals surface area (Å²) in [6, 6.07) is 5.51. The lowest BCUT2D eigenvalue weighted by Crippen LogP contribution is -2.53. The van der Waals surface area contributed by atoms with Crippen molar-refractivity contribution in [2.24, 2.45) is 5.92 Å². The van der Waals surface area contributed by atoms with Crippen LogP contribution in [0.1, 0.15) is 37.0 Å². The second kappa shape index (κ2) is 10.3. The molecule has 0 spiro atoms. The summed E-state index contributed by atoms with van der Waals surface area (Å²) in [5.74, 6) is -0.670. The summed E-state index contributed by atoms with van der Waals surface area (Å²) in [5.41, 5.74) is 1.45. The van der Waals surface area contributed by atoms with Crippen LogP contribution >= 0.6 is 0 Å². The molecule has 2 saturated heterocycles. The topological polar surface area (TPSA) is 102 Å². The van der Waals surface area contributed by atoms with Gasteiger partial charge >= 0.3 is 0 Å². The molecule has 2 N–H and O–H groups in total. The van der Waals surface area contributed by atoms with Crippen molar-refractivity contribution in [1.29, 1.82) is 0 Å². The number of nitrogens with zero attached hydrogens (tertiary/aromatic N) is 3. The van der Waals surface area contributed by atoms with Crippen LogP contribution in [0.25, 0.3) is 0 Å². The van der Waals surface area contributed by atoms with Crippen LogP contribution in [0.5, 0.6) is 0 Å². The molecule has 3 atom stereocenters. The first-order chi connectivity index (χ1) is 15.6. The summed E-state index contributed by atoms with van der Waals surface area (Å²) in [7, 11) is 5.53. The second-order valence-corrected chi connectivity index (χ2v) is 9.45. The Morgan fingerprint density at radius 2 is 1.79 bits per heavy atom. The monoisotopic (exact) mass is 457 g/mol. The number of Topliss-reactive ketones (excluding diaryl/α,β-unsaturated/α-hetero) is 1. The Balaban J connectivity index is 1.75. The number of benzene rings is 1. The molecule has 2 aliphatic heterocycles. The highest BCUT2D eigenvalue weighted by molar-refractivity contribution is 6.01. The van der Waals surface area contributed by atoms with Crippen molar-refractivity contribution in [3.63, 3.8) is 0 Å². The maximum atomic E-state index is 13.5. The van der Waals surface area contributed by atoms with Crippen LogP contribution in [0.15, 0.2) is 24.3 Å². The van der Waals surface area contributed by atoms with Gasteiger partial charge in [-0.3, -0.25) is 19.2 Å². The number of likely N-dealkylation sites (tertiary alicyclic amines) is 2. The van der Waals surface area contributed by atoms with Gasteiger partial charge in [-0.15, -0.1) is 0 Å². The number of hydrogen-bond acceptors (Lipinski definition) is 6. The number of anilines is 1. The molecular weight excluding hydrogens is 422 g/mol. The number of likely N-dealkylation sites (N-methyl/N-ethyl adjacent to an activating group) is 1. The van der Waals surface area contributed by atoms with E-state index < -0.39 is 12.1 Å². The molecular formula is C24H35N5O4. The number of carbonyl (C=O) groups excluding carboxylic acids is 4. The third kappa shape index (κ3) is 5.35. The van der Waals surface area contributed by atoms with Gasteiger partial charge in [-0.05, 0) is 50.1 Å². The number of rotatable bonds is 8. The maximum absolute atomic E-state index is 13.5. The largest absolute Gasteiger partial charge is 0.378 e. The lowest BCUT2D eigenvalue weighted by Gasteiger charge is -2.29. The van der Waals surface area contributed by atoms with Gasteiger partial charge in [-0.1, -0.05) is 13.8 Å². The molecule has 0 saturated carbocycles. The Hall–Kier alpha value is -2.94. The van der Waals surface area contributed by atoms with E-state index in [9.17, 15) is 19.2 Å². The van der Waals surface area contributed by atoms with E-state index in [4.69, 9.17) is 0 Å². The van der Waals surface area contributed by atoms with Gasteiger partial charge in [-0.2, -0.15) is 0 Å². The minimum absolute atomic E-state index is 0.0268. The first-order valence-corrected chi connectivity index (χ1v) is 11.5. The molecule has 3 amide bonds. The van der Waals surface area contributed by atoms with E-state index in [-0.39, 0.29) is 48.6 Å². The molecule has 2 fully saturated rings. The Bertz CT molecular complexity index is 899. The number of fused-ring (bicyclic) bond motifs is 1. The van der Waals surface area contributed by atoms with Gasteiger partial charge in [0.2, 0.25) is 11.8 Å². The summed E-state index contributed by atoms with van der Waals surface area (Å²) in [4.78, 5) is 56.7. The fraction of sp³-hybridized carbons (Fsp3) is 0.583. The number of amides is 3. The quantitative estimate of drug-likeness (QED) is 0.589. The van der Waals surface area contributed by atoms with Crippen molar-refractivity contribution in [1.82, 2.24) is 20.4 Å². The molecule has 33 heavy (non-hydrogen) atoms. The number of hydrogen-bond donors (Lipinski definition) is 2. The Morgan fingerprint density at radius 3 is 2.36 bits per heavy atom. The molecule has 180 valence electrons. The van der Waals surface area contributed by atoms with Crippen LogP contribution < -0.4 is 15.5 Å². The summed E-state index contributed by atoms with van der Waals surface area (Å²) >= 11 is 0. The highest BCUT2D eigenvalue weighted by atomic mass is 16.2. The van der Waals surface area contributed by atoms with Gasteiger partial charge in [0.1, 0.15) is 12.1 Å². The fourth-order valence-electron chi connectivity index (χ4n) is 4.69. The van der Waals surface area contributed by atoms with Crippen LogP contribution in [-0.2, 0) is 14.4 Å². The van der Waals surface area contributed by atoms with Gasteiger partial charge in [0.05, 0.1) is 19.1 Å². The summed E-state index contributed by atoms with van der Waals surface area (Å²) in [6.07, 6.45) is 1.02. The average molecular weight is 458 g/mol. The predicted octanol–water partition coefficient (Wildman–Crippen LogP) is 0.497. The lowest BCUT2D eigenvalue weighted by molar-refractivity contribution is -0.138. The van der Waals surface area contributed by atoms with E-state index in [1.165, 1.54) is 0 Å². The van der Waals surface area contributed by atoms with Gasteiger partial charge in [-0.25, -0.2) is 0 Å². The van der Waals surface area contributed by atoms with Crippen LogP contribution in [0.3, 0.4) is 0 Å². The van der Waals surface area contributed by atoms with E-state index in [1.807, 2.05) is 45.0 Å². The molecule has 0 bridgehead atoms. The molecule has 0 aromatic heterocycles. The third-order valence-corrected chi connectivity index (χ3v) is 6.31. The maximum Gasteiger partial charge on any atom is 0.251 e. The highest BCUT2D eigenvalue weighted by Gasteiger charge is 2.52. The molecule has 3 rings (SSSR count). The number of ketones is 1. The molecule has 1 aromatic carbocycles. The first kappa shape index (κ1) is 24.7. The zero-order valence-corrected chi connectivity index (χ0v) is 20.1. The number of carbonyl (C=O) groups is 4. The standard InChI is InChI=1S/C24H35N5O4/c1-15(2)12-18(26-23(32)16-6-8-17(9-7-16)27(4)5)24(33)28-11-10-19-22(28)20(30)14-29(19)21(31)13-25-3/h6-9,15,18-19,22,25H,10-14H2,1-5H3,(H,26,32)/t18-,19+,22-/m0/s1. The molecule has 2 heterocycles. The van der Waals surface area contributed by atoms with E-state index in [0.717, 1.165) is 5.69 Å². The number of nitrogens with one attached hydrogen (secondary N) is 2. The minimum atomic E-state index is -0.736. The molecule has 0 radical (unpaired) electrons. The molecule has 1 aromatic rings. The van der Waals surface area contributed by atoms with Gasteiger partial charge in [0, 0.05) is 31.9 Å². The first-order valence-electron chi connectivity index (χ1n) is 11.5. The fourth-order valence-corrected chi connectivity index (χ4v) is 4.69. The average Bonchev–Trinajstić information content (AvgIpc) is 3.34. The van der Waals surface area contributed by atoms with Crippen molar-refractivity contribution in [2.75, 3.05) is 45.7 Å². The van der Waals surface area contributed by atoms with Crippen LogP contribution in [0, 0.1) is 5.92 Å². The highest BCUT2D eigenvalue weighted by Crippen LogP contribution is 2.30. The zero-order valence-electron chi connectivity index (χ0n) is 20.1. The van der Waals surface area contributed by atoms with Gasteiger partial charge < -0.3 is 25.3 Å². The lowest BCUT2D eigenvalue weighted by atomic mass is 10.0. The molecule has 9 heteroatoms. The van der Waals surface area contributed by atoms with E-state index >= 15 is 0 Å². The Kier molecular flexibility index (Phi) is 7.73. The SMILES string of the molecule is CNCC(=O)N1CC(=O)[C@@H]2[C@H]1CCN2C(=O)[C@H](CC(C)C)NC(=O)c1ccc(N(C)C)cc1. The molecule has 2 aliphatic rings. The summed E-state index contributed by atoms with van der Waals surface area (Å²) in [5, 5.41) is 5.72. The van der Waals surface area contributed by atoms with Crippen molar-refractivity contribution in [3.8, 4) is 0 Å². The van der Waals surface area contributed by atoms with Crippen molar-refractivity contribution < 1.29 is 19.2 Å². The Morgan fingerprint density at radius 1 is 1.12 bits per heavy atom. The minimum Gasteiger partial charge on any atom is -0.378 e. The molecule has 0 aliphatic carbocycles. The predicted molar refractivity (Wildman–Crippen MR) is 126 cm³/mol. The Labute approximate surface area is 195 Å². The van der Waals surface area contributed by atoms with Crippen molar-refractivity contribution in [3.05, 3.63) is 29.8 Å². The van der Waals surface area contributed by atoms with Crippen molar-refractivity contribution >= 4 is 29.2 Å². The van der Waals surface area contributed by atoms with Crippen molar-refractivity contribution in [2.45, 2.75) is 44.8 Å². The second-order valence-electron chi connectivity index (χ2n) is 9.45. The normalized spacial score (nSPS) is 20.7. The third-order valence-electron chi connectivity index (χ3n) is 6.31. The van der Waals surface area contributed by atoms with Gasteiger partial charge in [0.15, 0.2) is 5.78 Å². The van der Waals surface area contributed by atoms with E-state index in [2.05, 4.69) is 10.6 Å². The zero-order chi connectivity index (χ0) is 24.3. The van der Waals surface area contributed by atoms with E-state index in [1.54, 1.807) is 29.0 Å². The van der Waals surface area contributed by atoms with Crippen LogP contribution in [0.2, 0.25) is 0 Å². The van der Waals surface area contributed by atoms with Gasteiger partial charge in [0.25, 0.3) is 5.91 Å². The molecule has 9 nitrogen and oxygen atoms in total.